The number of nitrogens with zero attached hydrogens (tertiary/aromatic N) is 1. The van der Waals surface area contributed by atoms with Crippen LogP contribution in [-0.2, 0) is 16.0 Å². The molecule has 0 aliphatic carbocycles. The molecule has 2 unspecified atom stereocenters. The van der Waals surface area contributed by atoms with E-state index in [2.05, 4.69) is 27.9 Å². The summed E-state index contributed by atoms with van der Waals surface area (Å²) in [6.45, 7) is 10.5. The Bertz CT molecular complexity index is 634. The van der Waals surface area contributed by atoms with Crippen LogP contribution in [0.1, 0.15) is 56.0 Å². The predicted octanol–water partition coefficient (Wildman–Crippen LogP) is 3.08. The minimum atomic E-state index is -0.0317. The standard InChI is InChI=1S/C22H36N4O3.HI/c1-4-17(3)26-21(27)19-9-7-18(8-10-19)15-25-22(23-5-2)24-12-6-13-29-20-11-14-28-16-20;/h7-10,17,20H,4-6,11-16H2,1-3H3,(H,26,27)(H2,23,24,25);1H. The van der Waals surface area contributed by atoms with E-state index in [1.165, 1.54) is 0 Å². The van der Waals surface area contributed by atoms with Crippen LogP contribution in [0.15, 0.2) is 29.3 Å². The van der Waals surface area contributed by atoms with Gasteiger partial charge in [-0.1, -0.05) is 19.1 Å². The minimum absolute atomic E-state index is 0. The van der Waals surface area contributed by atoms with Gasteiger partial charge in [0.2, 0.25) is 0 Å². The third kappa shape index (κ3) is 10.1. The van der Waals surface area contributed by atoms with Gasteiger partial charge in [0, 0.05) is 37.9 Å². The number of hydrogen-bond acceptors (Lipinski definition) is 4. The molecule has 0 saturated carbocycles. The Balaban J connectivity index is 0.00000450. The first-order valence-corrected chi connectivity index (χ1v) is 10.7. The molecule has 1 aliphatic heterocycles. The van der Waals surface area contributed by atoms with Gasteiger partial charge in [-0.3, -0.25) is 4.79 Å². The molecule has 0 aromatic heterocycles. The monoisotopic (exact) mass is 532 g/mol. The summed E-state index contributed by atoms with van der Waals surface area (Å²) in [6.07, 6.45) is 3.09. The van der Waals surface area contributed by atoms with Crippen molar-refractivity contribution in [2.45, 2.75) is 58.7 Å². The number of aliphatic imine (C=N–C) groups is 1. The highest BCUT2D eigenvalue weighted by Gasteiger charge is 2.15. The van der Waals surface area contributed by atoms with E-state index in [-0.39, 0.29) is 42.0 Å². The zero-order valence-electron chi connectivity index (χ0n) is 18.4. The van der Waals surface area contributed by atoms with Gasteiger partial charge in [-0.05, 0) is 50.8 Å². The molecule has 0 radical (unpaired) electrons. The first-order chi connectivity index (χ1) is 14.1. The Labute approximate surface area is 197 Å². The number of carbonyl (C=O) groups excluding carboxylic acids is 1. The molecule has 1 saturated heterocycles. The van der Waals surface area contributed by atoms with Crippen LogP contribution >= 0.6 is 24.0 Å². The fourth-order valence-electron chi connectivity index (χ4n) is 2.86. The number of benzene rings is 1. The van der Waals surface area contributed by atoms with E-state index in [9.17, 15) is 4.79 Å². The van der Waals surface area contributed by atoms with Gasteiger partial charge in [0.25, 0.3) is 5.91 Å². The van der Waals surface area contributed by atoms with Crippen LogP contribution in [-0.4, -0.2) is 56.9 Å². The Kier molecular flexibility index (Phi) is 13.7. The lowest BCUT2D eigenvalue weighted by molar-refractivity contribution is 0.0420. The molecule has 30 heavy (non-hydrogen) atoms. The van der Waals surface area contributed by atoms with Gasteiger partial charge < -0.3 is 25.4 Å². The summed E-state index contributed by atoms with van der Waals surface area (Å²) < 4.78 is 11.1. The summed E-state index contributed by atoms with van der Waals surface area (Å²) in [6, 6.07) is 7.80. The molecule has 2 rings (SSSR count). The maximum Gasteiger partial charge on any atom is 0.251 e. The molecule has 3 N–H and O–H groups in total. The van der Waals surface area contributed by atoms with Crippen molar-refractivity contribution < 1.29 is 14.3 Å². The van der Waals surface area contributed by atoms with Crippen LogP contribution in [0.4, 0.5) is 0 Å². The number of rotatable bonds is 11. The fourth-order valence-corrected chi connectivity index (χ4v) is 2.86. The number of guanidine groups is 1. The molecule has 7 nitrogen and oxygen atoms in total. The zero-order chi connectivity index (χ0) is 20.9. The van der Waals surface area contributed by atoms with Crippen molar-refractivity contribution in [3.05, 3.63) is 35.4 Å². The maximum absolute atomic E-state index is 12.2. The second kappa shape index (κ2) is 15.4. The lowest BCUT2D eigenvalue weighted by atomic mass is 10.1. The molecule has 1 fully saturated rings. The van der Waals surface area contributed by atoms with E-state index in [1.807, 2.05) is 38.1 Å². The fraction of sp³-hybridized carbons (Fsp3) is 0.636. The number of nitrogens with one attached hydrogen (secondary N) is 3. The third-order valence-corrected chi connectivity index (χ3v) is 4.82. The SMILES string of the molecule is CCNC(=NCc1ccc(C(=O)NC(C)CC)cc1)NCCCOC1CCOC1.I. The topological polar surface area (TPSA) is 84.0 Å². The molecular formula is C22H37IN4O3. The number of ether oxygens (including phenoxy) is 2. The van der Waals surface area contributed by atoms with Crippen LogP contribution < -0.4 is 16.0 Å². The highest BCUT2D eigenvalue weighted by Crippen LogP contribution is 2.08. The van der Waals surface area contributed by atoms with Crippen molar-refractivity contribution in [1.82, 2.24) is 16.0 Å². The van der Waals surface area contributed by atoms with Crippen molar-refractivity contribution in [2.24, 2.45) is 4.99 Å². The molecule has 1 aromatic carbocycles. The average molecular weight is 532 g/mol. The smallest absolute Gasteiger partial charge is 0.251 e. The van der Waals surface area contributed by atoms with Gasteiger partial charge in [-0.2, -0.15) is 0 Å². The zero-order valence-corrected chi connectivity index (χ0v) is 20.7. The predicted molar refractivity (Wildman–Crippen MR) is 132 cm³/mol. The van der Waals surface area contributed by atoms with Crippen LogP contribution in [0, 0.1) is 0 Å². The first-order valence-electron chi connectivity index (χ1n) is 10.7. The van der Waals surface area contributed by atoms with E-state index in [0.717, 1.165) is 63.7 Å². The van der Waals surface area contributed by atoms with E-state index >= 15 is 0 Å². The summed E-state index contributed by atoms with van der Waals surface area (Å²) >= 11 is 0. The van der Waals surface area contributed by atoms with Crippen molar-refractivity contribution >= 4 is 35.8 Å². The average Bonchev–Trinajstić information content (AvgIpc) is 3.25. The lowest BCUT2D eigenvalue weighted by Gasteiger charge is -2.13. The molecule has 1 amide bonds. The van der Waals surface area contributed by atoms with E-state index in [4.69, 9.17) is 9.47 Å². The number of hydrogen-bond donors (Lipinski definition) is 3. The molecular weight excluding hydrogens is 495 g/mol. The lowest BCUT2D eigenvalue weighted by Crippen LogP contribution is -2.38. The van der Waals surface area contributed by atoms with Gasteiger partial charge in [0.05, 0.1) is 19.3 Å². The van der Waals surface area contributed by atoms with Gasteiger partial charge in [-0.25, -0.2) is 4.99 Å². The molecule has 1 aromatic rings. The van der Waals surface area contributed by atoms with Crippen molar-refractivity contribution in [1.29, 1.82) is 0 Å². The molecule has 1 aliphatic rings. The molecule has 8 heteroatoms. The summed E-state index contributed by atoms with van der Waals surface area (Å²) in [5.41, 5.74) is 1.74. The highest BCUT2D eigenvalue weighted by atomic mass is 127. The summed E-state index contributed by atoms with van der Waals surface area (Å²) in [7, 11) is 0. The molecule has 2 atom stereocenters. The Hall–Kier alpha value is -1.39. The summed E-state index contributed by atoms with van der Waals surface area (Å²) in [4.78, 5) is 16.8. The first kappa shape index (κ1) is 26.6. The van der Waals surface area contributed by atoms with Gasteiger partial charge >= 0.3 is 0 Å². The normalized spacial score (nSPS) is 17.2. The van der Waals surface area contributed by atoms with Crippen LogP contribution in [0.3, 0.4) is 0 Å². The third-order valence-electron chi connectivity index (χ3n) is 4.82. The molecule has 0 spiro atoms. The quantitative estimate of drug-likeness (QED) is 0.177. The van der Waals surface area contributed by atoms with Gasteiger partial charge in [0.1, 0.15) is 0 Å². The van der Waals surface area contributed by atoms with Gasteiger partial charge in [0.15, 0.2) is 5.96 Å². The second-order valence-electron chi connectivity index (χ2n) is 7.31. The molecule has 170 valence electrons. The van der Waals surface area contributed by atoms with Crippen LogP contribution in [0.2, 0.25) is 0 Å². The van der Waals surface area contributed by atoms with Gasteiger partial charge in [-0.15, -0.1) is 24.0 Å². The highest BCUT2D eigenvalue weighted by molar-refractivity contribution is 14.0. The second-order valence-corrected chi connectivity index (χ2v) is 7.31. The van der Waals surface area contributed by atoms with Crippen LogP contribution in [0.25, 0.3) is 0 Å². The van der Waals surface area contributed by atoms with Crippen molar-refractivity contribution in [3.8, 4) is 0 Å². The number of carbonyl (C=O) groups is 1. The molecule has 1 heterocycles. The largest absolute Gasteiger partial charge is 0.379 e. The maximum atomic E-state index is 12.2. The Morgan fingerprint density at radius 3 is 2.67 bits per heavy atom. The van der Waals surface area contributed by atoms with E-state index in [0.29, 0.717) is 12.1 Å². The van der Waals surface area contributed by atoms with Crippen LogP contribution in [0.5, 0.6) is 0 Å². The number of halogens is 1. The van der Waals surface area contributed by atoms with E-state index < -0.39 is 0 Å². The molecule has 0 bridgehead atoms. The summed E-state index contributed by atoms with van der Waals surface area (Å²) in [5, 5.41) is 9.57. The van der Waals surface area contributed by atoms with E-state index in [1.54, 1.807) is 0 Å². The summed E-state index contributed by atoms with van der Waals surface area (Å²) in [5.74, 6) is 0.756. The number of amides is 1. The van der Waals surface area contributed by atoms with Crippen molar-refractivity contribution in [2.75, 3.05) is 32.9 Å². The Morgan fingerprint density at radius 1 is 1.27 bits per heavy atom. The Morgan fingerprint density at radius 2 is 2.03 bits per heavy atom. The minimum Gasteiger partial charge on any atom is -0.379 e. The van der Waals surface area contributed by atoms with Crippen molar-refractivity contribution in [3.63, 3.8) is 0 Å².